The third kappa shape index (κ3) is 3.82. The summed E-state index contributed by atoms with van der Waals surface area (Å²) in [6, 6.07) is 3.28. The van der Waals surface area contributed by atoms with Crippen LogP contribution in [0.3, 0.4) is 0 Å². The molecule has 21 heavy (non-hydrogen) atoms. The number of carbonyl (C=O) groups is 1. The number of likely N-dealkylation sites (N-methyl/N-ethyl adjacent to an activating group) is 1. The molecule has 0 aliphatic heterocycles. The first-order chi connectivity index (χ1) is 9.81. The number of amides is 1. The lowest BCUT2D eigenvalue weighted by Gasteiger charge is -2.30. The van der Waals surface area contributed by atoms with E-state index in [1.165, 1.54) is 12.8 Å². The highest BCUT2D eigenvalue weighted by Crippen LogP contribution is 2.36. The van der Waals surface area contributed by atoms with Gasteiger partial charge in [0.15, 0.2) is 0 Å². The standard InChI is InChI=1S/C15H21Cl2N3O/c1-8(10-4-5-10)20(3)9(2)15(21)19-14-12(16)6-11(18)7-13(14)17/h6-10H,4-5,18H2,1-3H3,(H,19,21). The van der Waals surface area contributed by atoms with Gasteiger partial charge < -0.3 is 11.1 Å². The zero-order valence-corrected chi connectivity index (χ0v) is 14.0. The quantitative estimate of drug-likeness (QED) is 0.811. The van der Waals surface area contributed by atoms with Crippen LogP contribution in [-0.2, 0) is 4.79 Å². The Kier molecular flexibility index (Phi) is 5.02. The van der Waals surface area contributed by atoms with E-state index in [-0.39, 0.29) is 11.9 Å². The summed E-state index contributed by atoms with van der Waals surface area (Å²) in [7, 11) is 1.97. The van der Waals surface area contributed by atoms with Crippen LogP contribution in [-0.4, -0.2) is 29.9 Å². The first-order valence-corrected chi connectivity index (χ1v) is 7.84. The number of carbonyl (C=O) groups excluding carboxylic acids is 1. The van der Waals surface area contributed by atoms with Crippen molar-refractivity contribution >= 4 is 40.5 Å². The van der Waals surface area contributed by atoms with Gasteiger partial charge in [0, 0.05) is 11.7 Å². The van der Waals surface area contributed by atoms with Crippen LogP contribution in [0, 0.1) is 5.92 Å². The second-order valence-corrected chi connectivity index (χ2v) is 6.58. The van der Waals surface area contributed by atoms with Gasteiger partial charge in [0.2, 0.25) is 5.91 Å². The minimum absolute atomic E-state index is 0.126. The summed E-state index contributed by atoms with van der Waals surface area (Å²) in [4.78, 5) is 14.5. The van der Waals surface area contributed by atoms with E-state index in [1.54, 1.807) is 12.1 Å². The van der Waals surface area contributed by atoms with Crippen LogP contribution < -0.4 is 11.1 Å². The van der Waals surface area contributed by atoms with Gasteiger partial charge in [-0.25, -0.2) is 0 Å². The Bertz CT molecular complexity index is 523. The van der Waals surface area contributed by atoms with Crippen molar-refractivity contribution in [1.82, 2.24) is 4.90 Å². The van der Waals surface area contributed by atoms with Crippen molar-refractivity contribution in [3.8, 4) is 0 Å². The van der Waals surface area contributed by atoms with Crippen LogP contribution >= 0.6 is 23.2 Å². The zero-order chi connectivity index (χ0) is 15.7. The molecule has 1 aliphatic rings. The molecule has 0 spiro atoms. The van der Waals surface area contributed by atoms with Crippen molar-refractivity contribution in [3.05, 3.63) is 22.2 Å². The van der Waals surface area contributed by atoms with Crippen molar-refractivity contribution < 1.29 is 4.79 Å². The molecule has 1 amide bonds. The molecular formula is C15H21Cl2N3O. The summed E-state index contributed by atoms with van der Waals surface area (Å²) in [6.45, 7) is 4.04. The van der Waals surface area contributed by atoms with Gasteiger partial charge in [0.1, 0.15) is 0 Å². The molecule has 0 aromatic heterocycles. The number of halogens is 2. The fourth-order valence-corrected chi connectivity index (χ4v) is 2.99. The average molecular weight is 330 g/mol. The average Bonchev–Trinajstić information content (AvgIpc) is 3.24. The molecule has 6 heteroatoms. The van der Waals surface area contributed by atoms with Gasteiger partial charge in [0.05, 0.1) is 21.8 Å². The molecule has 1 fully saturated rings. The van der Waals surface area contributed by atoms with Gasteiger partial charge in [-0.3, -0.25) is 9.69 Å². The van der Waals surface area contributed by atoms with Crippen LogP contribution in [0.5, 0.6) is 0 Å². The van der Waals surface area contributed by atoms with E-state index >= 15 is 0 Å². The Balaban J connectivity index is 2.07. The molecule has 0 saturated heterocycles. The number of hydrogen-bond acceptors (Lipinski definition) is 3. The summed E-state index contributed by atoms with van der Waals surface area (Å²) in [6.07, 6.45) is 2.49. The number of nitrogens with two attached hydrogens (primary N) is 1. The van der Waals surface area contributed by atoms with E-state index in [4.69, 9.17) is 28.9 Å². The molecule has 1 aromatic rings. The number of nitrogens with zero attached hydrogens (tertiary/aromatic N) is 1. The lowest BCUT2D eigenvalue weighted by Crippen LogP contribution is -2.45. The van der Waals surface area contributed by atoms with Crippen molar-refractivity contribution in [3.63, 3.8) is 0 Å². The lowest BCUT2D eigenvalue weighted by molar-refractivity contribution is -0.121. The van der Waals surface area contributed by atoms with Crippen LogP contribution in [0.4, 0.5) is 11.4 Å². The molecular weight excluding hydrogens is 309 g/mol. The summed E-state index contributed by atoms with van der Waals surface area (Å²) >= 11 is 12.2. The van der Waals surface area contributed by atoms with Gasteiger partial charge in [-0.2, -0.15) is 0 Å². The van der Waals surface area contributed by atoms with E-state index in [9.17, 15) is 4.79 Å². The molecule has 3 N–H and O–H groups in total. The van der Waals surface area contributed by atoms with Crippen LogP contribution in [0.25, 0.3) is 0 Å². The Morgan fingerprint density at radius 2 is 1.86 bits per heavy atom. The monoisotopic (exact) mass is 329 g/mol. The van der Waals surface area contributed by atoms with Gasteiger partial charge in [-0.1, -0.05) is 23.2 Å². The second kappa shape index (κ2) is 6.42. The highest BCUT2D eigenvalue weighted by molar-refractivity contribution is 6.40. The van der Waals surface area contributed by atoms with Gasteiger partial charge in [-0.15, -0.1) is 0 Å². The minimum atomic E-state index is -0.259. The fraction of sp³-hybridized carbons (Fsp3) is 0.533. The van der Waals surface area contributed by atoms with E-state index in [0.717, 1.165) is 0 Å². The maximum atomic E-state index is 12.4. The molecule has 1 aromatic carbocycles. The van der Waals surface area contributed by atoms with E-state index in [2.05, 4.69) is 17.1 Å². The lowest BCUT2D eigenvalue weighted by atomic mass is 10.1. The number of anilines is 2. The molecule has 2 unspecified atom stereocenters. The van der Waals surface area contributed by atoms with Crippen LogP contribution in [0.2, 0.25) is 10.0 Å². The predicted octanol–water partition coefficient (Wildman–Crippen LogP) is 3.63. The zero-order valence-electron chi connectivity index (χ0n) is 12.5. The van der Waals surface area contributed by atoms with Crippen molar-refractivity contribution in [2.45, 2.75) is 38.8 Å². The largest absolute Gasteiger partial charge is 0.399 e. The molecule has 2 atom stereocenters. The molecule has 0 heterocycles. The van der Waals surface area contributed by atoms with Crippen LogP contribution in [0.15, 0.2) is 12.1 Å². The maximum absolute atomic E-state index is 12.4. The number of benzene rings is 1. The highest BCUT2D eigenvalue weighted by Gasteiger charge is 2.34. The molecule has 0 bridgehead atoms. The molecule has 4 nitrogen and oxygen atoms in total. The van der Waals surface area contributed by atoms with E-state index < -0.39 is 0 Å². The van der Waals surface area contributed by atoms with Crippen molar-refractivity contribution in [1.29, 1.82) is 0 Å². The van der Waals surface area contributed by atoms with E-state index in [1.807, 2.05) is 14.0 Å². The number of nitrogen functional groups attached to an aromatic ring is 1. The first kappa shape index (κ1) is 16.4. The molecule has 116 valence electrons. The number of hydrogen-bond donors (Lipinski definition) is 2. The molecule has 1 aliphatic carbocycles. The Morgan fingerprint density at radius 3 is 2.33 bits per heavy atom. The Labute approximate surface area is 135 Å². The Morgan fingerprint density at radius 1 is 1.33 bits per heavy atom. The number of rotatable bonds is 5. The number of nitrogens with one attached hydrogen (secondary N) is 1. The molecule has 2 rings (SSSR count). The van der Waals surface area contributed by atoms with Gasteiger partial charge >= 0.3 is 0 Å². The third-order valence-electron chi connectivity index (χ3n) is 4.25. The van der Waals surface area contributed by atoms with Crippen molar-refractivity contribution in [2.75, 3.05) is 18.1 Å². The summed E-state index contributed by atoms with van der Waals surface area (Å²) < 4.78 is 0. The van der Waals surface area contributed by atoms with E-state index in [0.29, 0.717) is 33.4 Å². The molecule has 1 saturated carbocycles. The summed E-state index contributed by atoms with van der Waals surface area (Å²) in [5.74, 6) is 0.576. The fourth-order valence-electron chi connectivity index (χ4n) is 2.39. The molecule has 0 radical (unpaired) electrons. The topological polar surface area (TPSA) is 58.4 Å². The predicted molar refractivity (Wildman–Crippen MR) is 88.9 cm³/mol. The van der Waals surface area contributed by atoms with Gasteiger partial charge in [-0.05, 0) is 51.8 Å². The normalized spacial score (nSPS) is 17.6. The first-order valence-electron chi connectivity index (χ1n) is 7.08. The smallest absolute Gasteiger partial charge is 0.241 e. The Hall–Kier alpha value is -0.970. The summed E-state index contributed by atoms with van der Waals surface area (Å²) in [5, 5.41) is 3.49. The highest BCUT2D eigenvalue weighted by atomic mass is 35.5. The maximum Gasteiger partial charge on any atom is 0.241 e. The van der Waals surface area contributed by atoms with Gasteiger partial charge in [0.25, 0.3) is 0 Å². The summed E-state index contributed by atoms with van der Waals surface area (Å²) in [5.41, 5.74) is 6.54. The minimum Gasteiger partial charge on any atom is -0.399 e. The van der Waals surface area contributed by atoms with Crippen LogP contribution in [0.1, 0.15) is 26.7 Å². The third-order valence-corrected chi connectivity index (χ3v) is 4.85. The SMILES string of the molecule is CC(C(=O)Nc1c(Cl)cc(N)cc1Cl)N(C)C(C)C1CC1. The second-order valence-electron chi connectivity index (χ2n) is 5.77. The van der Waals surface area contributed by atoms with Crippen molar-refractivity contribution in [2.24, 2.45) is 5.92 Å².